The molecule has 1 unspecified atom stereocenters. The van der Waals surface area contributed by atoms with E-state index in [1.54, 1.807) is 42.5 Å². The maximum atomic E-state index is 13.3. The van der Waals surface area contributed by atoms with E-state index in [0.717, 1.165) is 21.8 Å². The molecule has 40 heavy (non-hydrogen) atoms. The zero-order chi connectivity index (χ0) is 28.2. The molecule has 0 saturated heterocycles. The molecular weight excluding hydrogens is 524 g/mol. The van der Waals surface area contributed by atoms with E-state index in [9.17, 15) is 14.9 Å². The Morgan fingerprint density at radius 2 is 1.57 bits per heavy atom. The molecule has 0 bridgehead atoms. The number of thiazole rings is 1. The molecule has 0 spiro atoms. The first-order valence-corrected chi connectivity index (χ1v) is 13.1. The normalized spacial score (nSPS) is 15.0. The number of nitrogens with zero attached hydrogens (tertiary/aromatic N) is 3. The Morgan fingerprint density at radius 1 is 0.925 bits per heavy atom. The number of anilines is 1. The van der Waals surface area contributed by atoms with Crippen LogP contribution in [-0.4, -0.2) is 31.1 Å². The third-order valence-corrected chi connectivity index (χ3v) is 7.43. The lowest BCUT2D eigenvalue weighted by Crippen LogP contribution is -2.40. The number of esters is 2. The summed E-state index contributed by atoms with van der Waals surface area (Å²) in [6, 6.07) is 28.1. The summed E-state index contributed by atoms with van der Waals surface area (Å²) in [5, 5.41) is 13.0. The van der Waals surface area contributed by atoms with Crippen molar-refractivity contribution in [3.63, 3.8) is 0 Å². The first-order chi connectivity index (χ1) is 19.5. The highest BCUT2D eigenvalue weighted by Crippen LogP contribution is 2.43. The van der Waals surface area contributed by atoms with Gasteiger partial charge in [-0.3, -0.25) is 4.90 Å². The number of aromatic nitrogens is 1. The molecule has 0 radical (unpaired) electrons. The average molecular weight is 549 g/mol. The summed E-state index contributed by atoms with van der Waals surface area (Å²) < 4.78 is 10.2. The minimum absolute atomic E-state index is 0.00525. The molecule has 0 fully saturated rings. The van der Waals surface area contributed by atoms with Crippen LogP contribution in [0.3, 0.4) is 0 Å². The van der Waals surface area contributed by atoms with Gasteiger partial charge in [-0.25, -0.2) is 14.6 Å². The van der Waals surface area contributed by atoms with Crippen molar-refractivity contribution in [1.82, 2.24) is 4.98 Å². The topological polar surface area (TPSA) is 119 Å². The Morgan fingerprint density at radius 3 is 2.23 bits per heavy atom. The molecule has 3 aromatic carbocycles. The first kappa shape index (κ1) is 26.4. The minimum atomic E-state index is -0.931. The lowest BCUT2D eigenvalue weighted by molar-refractivity contribution is -0.139. The summed E-state index contributed by atoms with van der Waals surface area (Å²) in [5.41, 5.74) is 10.2. The standard InChI is InChI=1S/C31H24N4O4S/c1-38-30(36)26-25(20-12-7-4-8-13-20)23(17-32)28(33)35(27(26)31(37)39-2)22-15-9-14-21(16-22)29-34-24(18-40-29)19-10-5-3-6-11-19/h3-16,18,25H,33H2,1-2H3. The van der Waals surface area contributed by atoms with Gasteiger partial charge in [0.1, 0.15) is 16.5 Å². The maximum absolute atomic E-state index is 13.3. The second-order valence-corrected chi connectivity index (χ2v) is 9.65. The van der Waals surface area contributed by atoms with Gasteiger partial charge in [0.25, 0.3) is 0 Å². The zero-order valence-corrected chi connectivity index (χ0v) is 22.5. The van der Waals surface area contributed by atoms with Gasteiger partial charge in [-0.2, -0.15) is 5.26 Å². The first-order valence-electron chi connectivity index (χ1n) is 12.3. The number of nitrogens with two attached hydrogens (primary N) is 1. The van der Waals surface area contributed by atoms with Crippen molar-refractivity contribution in [2.75, 3.05) is 19.1 Å². The van der Waals surface area contributed by atoms with E-state index in [4.69, 9.17) is 20.2 Å². The van der Waals surface area contributed by atoms with Crippen molar-refractivity contribution in [2.24, 2.45) is 5.73 Å². The van der Waals surface area contributed by atoms with Crippen molar-refractivity contribution < 1.29 is 19.1 Å². The maximum Gasteiger partial charge on any atom is 0.355 e. The molecule has 198 valence electrons. The second kappa shape index (κ2) is 11.3. The van der Waals surface area contributed by atoms with Gasteiger partial charge in [-0.15, -0.1) is 11.3 Å². The molecule has 1 aliphatic rings. The van der Waals surface area contributed by atoms with Gasteiger partial charge >= 0.3 is 11.9 Å². The van der Waals surface area contributed by atoms with Gasteiger partial charge in [0.05, 0.1) is 43.0 Å². The molecule has 0 saturated carbocycles. The number of methoxy groups -OCH3 is 2. The van der Waals surface area contributed by atoms with Crippen molar-refractivity contribution in [2.45, 2.75) is 5.92 Å². The molecule has 0 amide bonds. The monoisotopic (exact) mass is 548 g/mol. The van der Waals surface area contributed by atoms with Gasteiger partial charge < -0.3 is 15.2 Å². The number of carbonyl (C=O) groups excluding carboxylic acids is 2. The lowest BCUT2D eigenvalue weighted by Gasteiger charge is -2.36. The fraction of sp³-hybridized carbons (Fsp3) is 0.0968. The summed E-state index contributed by atoms with van der Waals surface area (Å²) in [4.78, 5) is 32.7. The molecule has 8 nitrogen and oxygen atoms in total. The van der Waals surface area contributed by atoms with Crippen LogP contribution >= 0.6 is 11.3 Å². The molecule has 5 rings (SSSR count). The van der Waals surface area contributed by atoms with Crippen LogP contribution in [0.1, 0.15) is 11.5 Å². The average Bonchev–Trinajstić information content (AvgIpc) is 3.51. The van der Waals surface area contributed by atoms with E-state index < -0.39 is 17.9 Å². The second-order valence-electron chi connectivity index (χ2n) is 8.79. The fourth-order valence-electron chi connectivity index (χ4n) is 4.71. The number of rotatable bonds is 6. The molecule has 2 heterocycles. The van der Waals surface area contributed by atoms with E-state index in [0.29, 0.717) is 11.3 Å². The minimum Gasteiger partial charge on any atom is -0.466 e. The highest BCUT2D eigenvalue weighted by molar-refractivity contribution is 7.13. The molecule has 2 N–H and O–H groups in total. The Bertz CT molecular complexity index is 1690. The Labute approximate surface area is 235 Å². The highest BCUT2D eigenvalue weighted by Gasteiger charge is 2.43. The summed E-state index contributed by atoms with van der Waals surface area (Å²) >= 11 is 1.47. The van der Waals surface area contributed by atoms with Crippen molar-refractivity contribution in [1.29, 1.82) is 5.26 Å². The SMILES string of the molecule is COC(=O)C1=C(C(=O)OC)N(c2cccc(-c3nc(-c4ccccc4)cs3)c2)C(N)=C(C#N)C1c1ccccc1. The molecular formula is C31H24N4O4S. The third-order valence-electron chi connectivity index (χ3n) is 6.54. The quantitative estimate of drug-likeness (QED) is 0.319. The van der Waals surface area contributed by atoms with E-state index in [1.165, 1.54) is 30.5 Å². The Hall–Kier alpha value is -5.20. The number of hydrogen-bond acceptors (Lipinski definition) is 9. The van der Waals surface area contributed by atoms with Crippen LogP contribution in [-0.2, 0) is 19.1 Å². The van der Waals surface area contributed by atoms with Gasteiger partial charge in [0.2, 0.25) is 0 Å². The number of ether oxygens (including phenoxy) is 2. The third kappa shape index (κ3) is 4.72. The van der Waals surface area contributed by atoms with E-state index in [-0.39, 0.29) is 22.7 Å². The Kier molecular flexibility index (Phi) is 7.44. The van der Waals surface area contributed by atoms with E-state index in [2.05, 4.69) is 6.07 Å². The number of nitriles is 1. The van der Waals surface area contributed by atoms with Gasteiger partial charge in [-0.05, 0) is 17.7 Å². The fourth-order valence-corrected chi connectivity index (χ4v) is 5.53. The van der Waals surface area contributed by atoms with Crippen LogP contribution in [0.5, 0.6) is 0 Å². The van der Waals surface area contributed by atoms with Crippen LogP contribution < -0.4 is 10.6 Å². The summed E-state index contributed by atoms with van der Waals surface area (Å²) in [6.45, 7) is 0. The summed E-state index contributed by atoms with van der Waals surface area (Å²) in [7, 11) is 2.44. The smallest absolute Gasteiger partial charge is 0.355 e. The van der Waals surface area contributed by atoms with Crippen LogP contribution in [0.25, 0.3) is 21.8 Å². The molecule has 9 heteroatoms. The van der Waals surface area contributed by atoms with Crippen molar-refractivity contribution in [3.8, 4) is 27.9 Å². The van der Waals surface area contributed by atoms with Gasteiger partial charge in [-0.1, -0.05) is 72.8 Å². The summed E-state index contributed by atoms with van der Waals surface area (Å²) in [5.74, 6) is -2.50. The predicted molar refractivity (Wildman–Crippen MR) is 153 cm³/mol. The van der Waals surface area contributed by atoms with Gasteiger partial charge in [0.15, 0.2) is 0 Å². The Balaban J connectivity index is 1.69. The van der Waals surface area contributed by atoms with Crippen LogP contribution in [0.15, 0.2) is 113 Å². The lowest BCUT2D eigenvalue weighted by atomic mass is 9.81. The number of allylic oxidation sites excluding steroid dienone is 1. The van der Waals surface area contributed by atoms with Crippen molar-refractivity contribution >= 4 is 29.0 Å². The molecule has 4 aromatic rings. The largest absolute Gasteiger partial charge is 0.466 e. The van der Waals surface area contributed by atoms with E-state index >= 15 is 0 Å². The van der Waals surface area contributed by atoms with Gasteiger partial charge in [0, 0.05) is 22.2 Å². The van der Waals surface area contributed by atoms with Crippen LogP contribution in [0.2, 0.25) is 0 Å². The summed E-state index contributed by atoms with van der Waals surface area (Å²) in [6.07, 6.45) is 0. The number of carbonyl (C=O) groups is 2. The molecule has 1 aliphatic heterocycles. The molecule has 1 atom stereocenters. The van der Waals surface area contributed by atoms with Crippen LogP contribution in [0, 0.1) is 11.3 Å². The van der Waals surface area contributed by atoms with Crippen LogP contribution in [0.4, 0.5) is 5.69 Å². The van der Waals surface area contributed by atoms with Crippen molar-refractivity contribution in [3.05, 3.63) is 119 Å². The van der Waals surface area contributed by atoms with E-state index in [1.807, 2.05) is 47.8 Å². The molecule has 1 aromatic heterocycles. The number of benzene rings is 3. The highest BCUT2D eigenvalue weighted by atomic mass is 32.1. The number of hydrogen-bond donors (Lipinski definition) is 1. The predicted octanol–water partition coefficient (Wildman–Crippen LogP) is 5.37. The zero-order valence-electron chi connectivity index (χ0n) is 21.7. The molecule has 0 aliphatic carbocycles.